The number of fused-ring (bicyclic) bond motifs is 1. The molecule has 6 nitrogen and oxygen atoms in total. The Morgan fingerprint density at radius 1 is 0.805 bits per heavy atom. The second-order valence-corrected chi connectivity index (χ2v) is 9.91. The molecule has 41 heavy (non-hydrogen) atoms. The van der Waals surface area contributed by atoms with Crippen LogP contribution in [0.3, 0.4) is 0 Å². The van der Waals surface area contributed by atoms with Crippen LogP contribution in [0, 0.1) is 0 Å². The van der Waals surface area contributed by atoms with Crippen molar-refractivity contribution in [3.63, 3.8) is 0 Å². The number of halogens is 3. The highest BCUT2D eigenvalue weighted by Gasteiger charge is 2.30. The van der Waals surface area contributed by atoms with Crippen molar-refractivity contribution in [2.75, 3.05) is 33.4 Å². The van der Waals surface area contributed by atoms with Crippen LogP contribution < -0.4 is 0 Å². The number of nitrogens with one attached hydrogen (secondary N) is 1. The standard InChI is InChI=1S/C32H34F3N3O3/c1-41-20-19-38(30(39)16-13-24-7-3-2-4-8-24)23-31(40)37(22-25-11-14-27(15-12-25)32(33,34)35)18-17-26-21-36-29-10-6-5-9-28(26)29/h2-12,14-15,21,36H,13,16-20,22-23H2,1H3. The molecule has 0 unspecified atom stereocenters. The lowest BCUT2D eigenvalue weighted by Crippen LogP contribution is -2.44. The Morgan fingerprint density at radius 2 is 1.51 bits per heavy atom. The van der Waals surface area contributed by atoms with Gasteiger partial charge in [-0.25, -0.2) is 0 Å². The number of benzene rings is 3. The molecular formula is C32H34F3N3O3. The van der Waals surface area contributed by atoms with E-state index < -0.39 is 11.7 Å². The molecule has 4 aromatic rings. The van der Waals surface area contributed by atoms with Crippen LogP contribution in [-0.2, 0) is 39.9 Å². The van der Waals surface area contributed by atoms with E-state index in [9.17, 15) is 22.8 Å². The molecule has 0 aliphatic rings. The third-order valence-electron chi connectivity index (χ3n) is 7.05. The number of H-pyrrole nitrogens is 1. The number of hydrogen-bond donors (Lipinski definition) is 1. The maximum Gasteiger partial charge on any atom is 0.416 e. The van der Waals surface area contributed by atoms with Gasteiger partial charge in [-0.2, -0.15) is 13.2 Å². The summed E-state index contributed by atoms with van der Waals surface area (Å²) in [6, 6.07) is 22.3. The topological polar surface area (TPSA) is 65.6 Å². The normalized spacial score (nSPS) is 11.5. The van der Waals surface area contributed by atoms with Crippen molar-refractivity contribution in [2.45, 2.75) is 32.0 Å². The fourth-order valence-corrected chi connectivity index (χ4v) is 4.72. The molecule has 0 atom stereocenters. The number of para-hydroxylation sites is 1. The number of ether oxygens (including phenoxy) is 1. The molecule has 0 saturated heterocycles. The predicted octanol–water partition coefficient (Wildman–Crippen LogP) is 5.87. The van der Waals surface area contributed by atoms with Gasteiger partial charge in [0.05, 0.1) is 18.7 Å². The molecule has 216 valence electrons. The lowest BCUT2D eigenvalue weighted by molar-refractivity contribution is -0.141. The first-order valence-electron chi connectivity index (χ1n) is 13.5. The van der Waals surface area contributed by atoms with E-state index in [4.69, 9.17) is 4.74 Å². The van der Waals surface area contributed by atoms with Crippen LogP contribution >= 0.6 is 0 Å². The number of aromatic nitrogens is 1. The van der Waals surface area contributed by atoms with E-state index in [-0.39, 0.29) is 44.5 Å². The molecule has 0 aliphatic carbocycles. The number of methoxy groups -OCH3 is 1. The zero-order valence-electron chi connectivity index (χ0n) is 23.0. The monoisotopic (exact) mass is 565 g/mol. The smallest absolute Gasteiger partial charge is 0.383 e. The number of carbonyl (C=O) groups is 2. The minimum Gasteiger partial charge on any atom is -0.383 e. The first-order chi connectivity index (χ1) is 19.7. The van der Waals surface area contributed by atoms with E-state index in [1.165, 1.54) is 24.1 Å². The van der Waals surface area contributed by atoms with Gasteiger partial charge in [-0.1, -0.05) is 60.7 Å². The van der Waals surface area contributed by atoms with E-state index in [0.717, 1.165) is 34.2 Å². The fourth-order valence-electron chi connectivity index (χ4n) is 4.72. The second-order valence-electron chi connectivity index (χ2n) is 9.91. The SMILES string of the molecule is COCCN(CC(=O)N(CCc1c[nH]c2ccccc12)Cc1ccc(C(F)(F)F)cc1)C(=O)CCc1ccccc1. The molecule has 4 rings (SSSR count). The lowest BCUT2D eigenvalue weighted by Gasteiger charge is -2.28. The zero-order valence-corrected chi connectivity index (χ0v) is 23.0. The molecule has 9 heteroatoms. The van der Waals surface area contributed by atoms with Gasteiger partial charge in [-0.05, 0) is 47.7 Å². The van der Waals surface area contributed by atoms with Crippen molar-refractivity contribution in [1.29, 1.82) is 0 Å². The minimum atomic E-state index is -4.44. The molecule has 3 aromatic carbocycles. The highest BCUT2D eigenvalue weighted by Crippen LogP contribution is 2.29. The summed E-state index contributed by atoms with van der Waals surface area (Å²) in [4.78, 5) is 33.1. The summed E-state index contributed by atoms with van der Waals surface area (Å²) in [7, 11) is 1.53. The predicted molar refractivity (Wildman–Crippen MR) is 152 cm³/mol. The molecule has 0 aliphatic heterocycles. The molecule has 0 bridgehead atoms. The van der Waals surface area contributed by atoms with Crippen LogP contribution in [0.25, 0.3) is 10.9 Å². The number of carbonyl (C=O) groups excluding carboxylic acids is 2. The summed E-state index contributed by atoms with van der Waals surface area (Å²) >= 11 is 0. The molecular weight excluding hydrogens is 531 g/mol. The molecule has 1 heterocycles. The number of aromatic amines is 1. The van der Waals surface area contributed by atoms with Crippen molar-refractivity contribution in [3.05, 3.63) is 107 Å². The quantitative estimate of drug-likeness (QED) is 0.221. The Morgan fingerprint density at radius 3 is 2.22 bits per heavy atom. The van der Waals surface area contributed by atoms with E-state index >= 15 is 0 Å². The molecule has 0 spiro atoms. The largest absolute Gasteiger partial charge is 0.416 e. The summed E-state index contributed by atoms with van der Waals surface area (Å²) in [6.07, 6.45) is -1.20. The van der Waals surface area contributed by atoms with Crippen LogP contribution in [0.2, 0.25) is 0 Å². The van der Waals surface area contributed by atoms with Crippen LogP contribution in [0.4, 0.5) is 13.2 Å². The highest BCUT2D eigenvalue weighted by molar-refractivity contribution is 5.85. The minimum absolute atomic E-state index is 0.121. The molecule has 0 fully saturated rings. The van der Waals surface area contributed by atoms with Gasteiger partial charge in [0.15, 0.2) is 0 Å². The average molecular weight is 566 g/mol. The van der Waals surface area contributed by atoms with Gasteiger partial charge >= 0.3 is 6.18 Å². The molecule has 2 amide bonds. The number of amides is 2. The zero-order chi connectivity index (χ0) is 29.2. The molecule has 1 N–H and O–H groups in total. The van der Waals surface area contributed by atoms with Gasteiger partial charge in [-0.3, -0.25) is 9.59 Å². The van der Waals surface area contributed by atoms with Gasteiger partial charge in [0, 0.05) is 50.3 Å². The van der Waals surface area contributed by atoms with Crippen molar-refractivity contribution in [1.82, 2.24) is 14.8 Å². The fraction of sp³-hybridized carbons (Fsp3) is 0.312. The second kappa shape index (κ2) is 14.0. The Hall–Kier alpha value is -4.11. The summed E-state index contributed by atoms with van der Waals surface area (Å²) in [5.74, 6) is -0.445. The van der Waals surface area contributed by atoms with Crippen LogP contribution in [-0.4, -0.2) is 59.9 Å². The van der Waals surface area contributed by atoms with Crippen LogP contribution in [0.15, 0.2) is 85.1 Å². The lowest BCUT2D eigenvalue weighted by atomic mass is 10.1. The van der Waals surface area contributed by atoms with Gasteiger partial charge in [0.25, 0.3) is 0 Å². The van der Waals surface area contributed by atoms with Gasteiger partial charge in [0.1, 0.15) is 0 Å². The maximum absolute atomic E-state index is 13.7. The van der Waals surface area contributed by atoms with Crippen LogP contribution in [0.5, 0.6) is 0 Å². The van der Waals surface area contributed by atoms with E-state index in [1.54, 1.807) is 4.90 Å². The Balaban J connectivity index is 1.50. The van der Waals surface area contributed by atoms with E-state index in [1.807, 2.05) is 60.8 Å². The third-order valence-corrected chi connectivity index (χ3v) is 7.05. The Bertz CT molecular complexity index is 1420. The van der Waals surface area contributed by atoms with E-state index in [2.05, 4.69) is 4.98 Å². The summed E-state index contributed by atoms with van der Waals surface area (Å²) in [5.41, 5.74) is 2.87. The van der Waals surface area contributed by atoms with Crippen molar-refractivity contribution in [3.8, 4) is 0 Å². The number of nitrogens with zero attached hydrogens (tertiary/aromatic N) is 2. The summed E-state index contributed by atoms with van der Waals surface area (Å²) < 4.78 is 44.5. The van der Waals surface area contributed by atoms with Crippen molar-refractivity contribution >= 4 is 22.7 Å². The van der Waals surface area contributed by atoms with E-state index in [0.29, 0.717) is 24.9 Å². The van der Waals surface area contributed by atoms with Gasteiger partial charge < -0.3 is 19.5 Å². The first kappa shape index (κ1) is 29.9. The summed E-state index contributed by atoms with van der Waals surface area (Å²) in [5, 5.41) is 1.05. The third kappa shape index (κ3) is 8.44. The number of rotatable bonds is 13. The highest BCUT2D eigenvalue weighted by atomic mass is 19.4. The van der Waals surface area contributed by atoms with Crippen molar-refractivity contribution < 1.29 is 27.5 Å². The van der Waals surface area contributed by atoms with Gasteiger partial charge in [0.2, 0.25) is 11.8 Å². The number of aryl methyl sites for hydroxylation is 1. The Kier molecular flexibility index (Phi) is 10.2. The average Bonchev–Trinajstić information content (AvgIpc) is 3.39. The Labute approximate surface area is 237 Å². The number of hydrogen-bond acceptors (Lipinski definition) is 3. The van der Waals surface area contributed by atoms with Crippen molar-refractivity contribution in [2.24, 2.45) is 0 Å². The molecule has 1 aromatic heterocycles. The maximum atomic E-state index is 13.7. The summed E-state index contributed by atoms with van der Waals surface area (Å²) in [6.45, 7) is 0.838. The number of alkyl halides is 3. The van der Waals surface area contributed by atoms with Gasteiger partial charge in [-0.15, -0.1) is 0 Å². The molecule has 0 radical (unpaired) electrons. The first-order valence-corrected chi connectivity index (χ1v) is 13.5. The van der Waals surface area contributed by atoms with Crippen LogP contribution in [0.1, 0.15) is 28.7 Å². The molecule has 0 saturated carbocycles.